The van der Waals surface area contributed by atoms with E-state index in [1.807, 2.05) is 72.8 Å². The van der Waals surface area contributed by atoms with Gasteiger partial charge in [0.05, 0.1) is 25.4 Å². The van der Waals surface area contributed by atoms with Crippen LogP contribution in [-0.4, -0.2) is 52.1 Å². The first-order chi connectivity index (χ1) is 22.0. The SMILES string of the molecule is CCOC(=O)CNC(=O)NCc1ccccc1-c1ccc([C@H]2O[C@@H](CSc3ncccn3)C[C@@H](c3ccc(CO)cc3)O2)cc1. The van der Waals surface area contributed by atoms with Crippen LogP contribution in [-0.2, 0) is 32.2 Å². The molecule has 1 aliphatic heterocycles. The van der Waals surface area contributed by atoms with Crippen molar-refractivity contribution in [2.75, 3.05) is 18.9 Å². The molecule has 5 rings (SSSR count). The number of aliphatic hydroxyl groups is 1. The number of nitrogens with zero attached hydrogens (tertiary/aromatic N) is 2. The van der Waals surface area contributed by atoms with Gasteiger partial charge < -0.3 is 30.0 Å². The van der Waals surface area contributed by atoms with Crippen LogP contribution in [0.4, 0.5) is 4.79 Å². The zero-order chi connectivity index (χ0) is 31.4. The molecule has 10 nitrogen and oxygen atoms in total. The Hall–Kier alpha value is -4.29. The molecule has 2 heterocycles. The second-order valence-electron chi connectivity index (χ2n) is 10.3. The second kappa shape index (κ2) is 16.1. The van der Waals surface area contributed by atoms with Crippen LogP contribution >= 0.6 is 11.8 Å². The predicted octanol–water partition coefficient (Wildman–Crippen LogP) is 5.34. The fourth-order valence-electron chi connectivity index (χ4n) is 4.93. The van der Waals surface area contributed by atoms with E-state index in [2.05, 4.69) is 20.6 Å². The normalized spacial score (nSPS) is 17.8. The lowest BCUT2D eigenvalue weighted by atomic mass is 9.98. The van der Waals surface area contributed by atoms with Crippen LogP contribution in [0.5, 0.6) is 0 Å². The number of carbonyl (C=O) groups is 2. The number of carbonyl (C=O) groups excluding carboxylic acids is 2. The quantitative estimate of drug-likeness (QED) is 0.108. The number of hydrogen-bond acceptors (Lipinski definition) is 9. The van der Waals surface area contributed by atoms with Crippen molar-refractivity contribution >= 4 is 23.8 Å². The average Bonchev–Trinajstić information content (AvgIpc) is 3.09. The summed E-state index contributed by atoms with van der Waals surface area (Å²) in [5.74, 6) is 0.182. The standard InChI is InChI=1S/C34H36N4O6S/c1-2-42-31(40)20-38-33(41)37-19-27-6-3-4-7-29(27)24-12-14-26(15-13-24)32-43-28(22-45-34-35-16-5-17-36-34)18-30(44-32)25-10-8-23(21-39)9-11-25/h3-17,28,30,32,39H,2,18-22H2,1H3,(H2,37,38,41)/t28-,30+,32+/m1/s1. The molecular weight excluding hydrogens is 592 g/mol. The smallest absolute Gasteiger partial charge is 0.325 e. The van der Waals surface area contributed by atoms with Crippen LogP contribution < -0.4 is 10.6 Å². The molecule has 0 aliphatic carbocycles. The van der Waals surface area contributed by atoms with Gasteiger partial charge in [-0.1, -0.05) is 84.6 Å². The van der Waals surface area contributed by atoms with E-state index in [1.54, 1.807) is 37.1 Å². The largest absolute Gasteiger partial charge is 0.465 e. The number of hydrogen-bond donors (Lipinski definition) is 3. The van der Waals surface area contributed by atoms with Crippen LogP contribution in [0.15, 0.2) is 96.4 Å². The summed E-state index contributed by atoms with van der Waals surface area (Å²) < 4.78 is 17.8. The summed E-state index contributed by atoms with van der Waals surface area (Å²) in [6, 6.07) is 25.0. The van der Waals surface area contributed by atoms with Crippen LogP contribution in [0.25, 0.3) is 11.1 Å². The second-order valence-corrected chi connectivity index (χ2v) is 11.3. The Morgan fingerprint density at radius 3 is 2.40 bits per heavy atom. The lowest BCUT2D eigenvalue weighted by Crippen LogP contribution is -2.38. The Balaban J connectivity index is 1.28. The number of aliphatic hydroxyl groups excluding tert-OH is 1. The van der Waals surface area contributed by atoms with Crippen molar-refractivity contribution in [3.63, 3.8) is 0 Å². The van der Waals surface area contributed by atoms with Gasteiger partial charge >= 0.3 is 12.0 Å². The van der Waals surface area contributed by atoms with E-state index < -0.39 is 18.3 Å². The van der Waals surface area contributed by atoms with Crippen LogP contribution in [0.3, 0.4) is 0 Å². The molecule has 0 saturated carbocycles. The fourth-order valence-corrected chi connectivity index (χ4v) is 5.75. The minimum absolute atomic E-state index is 0.0118. The predicted molar refractivity (Wildman–Crippen MR) is 170 cm³/mol. The monoisotopic (exact) mass is 628 g/mol. The van der Waals surface area contributed by atoms with E-state index in [1.165, 1.54) is 0 Å². The summed E-state index contributed by atoms with van der Waals surface area (Å²) in [4.78, 5) is 32.4. The minimum Gasteiger partial charge on any atom is -0.465 e. The molecule has 1 aliphatic rings. The van der Waals surface area contributed by atoms with E-state index in [0.717, 1.165) is 33.4 Å². The van der Waals surface area contributed by atoms with Gasteiger partial charge in [-0.15, -0.1) is 0 Å². The molecular formula is C34H36N4O6S. The third-order valence-electron chi connectivity index (χ3n) is 7.20. The maximum absolute atomic E-state index is 12.2. The van der Waals surface area contributed by atoms with Gasteiger partial charge in [-0.3, -0.25) is 4.79 Å². The summed E-state index contributed by atoms with van der Waals surface area (Å²) in [6.45, 7) is 2.05. The summed E-state index contributed by atoms with van der Waals surface area (Å²) in [5, 5.41) is 15.5. The first kappa shape index (κ1) is 32.1. The highest BCUT2D eigenvalue weighted by atomic mass is 32.2. The first-order valence-corrected chi connectivity index (χ1v) is 15.8. The van der Waals surface area contributed by atoms with Crippen LogP contribution in [0, 0.1) is 0 Å². The molecule has 1 aromatic heterocycles. The molecule has 0 radical (unpaired) electrons. The van der Waals surface area contributed by atoms with Gasteiger partial charge in [0.1, 0.15) is 6.54 Å². The third kappa shape index (κ3) is 9.11. The number of esters is 1. The van der Waals surface area contributed by atoms with Crippen LogP contribution in [0.1, 0.15) is 48.0 Å². The van der Waals surface area contributed by atoms with Gasteiger partial charge in [0.25, 0.3) is 0 Å². The number of urea groups is 1. The Kier molecular flexibility index (Phi) is 11.5. The lowest BCUT2D eigenvalue weighted by Gasteiger charge is -2.36. The number of rotatable bonds is 12. The maximum atomic E-state index is 12.2. The maximum Gasteiger partial charge on any atom is 0.325 e. The zero-order valence-electron chi connectivity index (χ0n) is 24.9. The Bertz CT molecular complexity index is 1540. The van der Waals surface area contributed by atoms with Crippen molar-refractivity contribution < 1.29 is 28.9 Å². The number of nitrogens with one attached hydrogen (secondary N) is 2. The van der Waals surface area contributed by atoms with E-state index >= 15 is 0 Å². The van der Waals surface area contributed by atoms with Crippen molar-refractivity contribution in [2.45, 2.75) is 50.2 Å². The molecule has 1 saturated heterocycles. The number of ether oxygens (including phenoxy) is 3. The highest BCUT2D eigenvalue weighted by Crippen LogP contribution is 2.39. The molecule has 2 amide bonds. The Morgan fingerprint density at radius 1 is 0.933 bits per heavy atom. The van der Waals surface area contributed by atoms with Gasteiger partial charge in [0.15, 0.2) is 11.4 Å². The summed E-state index contributed by atoms with van der Waals surface area (Å²) in [6.07, 6.45) is 3.23. The highest BCUT2D eigenvalue weighted by Gasteiger charge is 2.32. The molecule has 4 aromatic rings. The average molecular weight is 629 g/mol. The van der Waals surface area contributed by atoms with Crippen molar-refractivity contribution in [3.8, 4) is 11.1 Å². The fraction of sp³-hybridized carbons (Fsp3) is 0.294. The lowest BCUT2D eigenvalue weighted by molar-refractivity contribution is -0.245. The van der Waals surface area contributed by atoms with E-state index in [-0.39, 0.29) is 38.5 Å². The van der Waals surface area contributed by atoms with Crippen LogP contribution in [0.2, 0.25) is 0 Å². The van der Waals surface area contributed by atoms with Gasteiger partial charge in [-0.05, 0) is 40.8 Å². The first-order valence-electron chi connectivity index (χ1n) is 14.8. The van der Waals surface area contributed by atoms with Crippen molar-refractivity contribution in [2.24, 2.45) is 0 Å². The van der Waals surface area contributed by atoms with Gasteiger partial charge in [-0.25, -0.2) is 14.8 Å². The van der Waals surface area contributed by atoms with Gasteiger partial charge in [-0.2, -0.15) is 0 Å². The molecule has 45 heavy (non-hydrogen) atoms. The summed E-state index contributed by atoms with van der Waals surface area (Å²) >= 11 is 1.55. The van der Waals surface area contributed by atoms with E-state index in [0.29, 0.717) is 17.3 Å². The van der Waals surface area contributed by atoms with Crippen molar-refractivity contribution in [3.05, 3.63) is 114 Å². The summed E-state index contributed by atoms with van der Waals surface area (Å²) in [5.41, 5.74) is 5.63. The molecule has 3 atom stereocenters. The van der Waals surface area contributed by atoms with E-state index in [4.69, 9.17) is 14.2 Å². The van der Waals surface area contributed by atoms with Crippen molar-refractivity contribution in [1.82, 2.24) is 20.6 Å². The molecule has 0 bridgehead atoms. The molecule has 0 spiro atoms. The Labute approximate surface area is 266 Å². The molecule has 3 N–H and O–H groups in total. The number of benzene rings is 3. The molecule has 0 unspecified atom stereocenters. The summed E-state index contributed by atoms with van der Waals surface area (Å²) in [7, 11) is 0. The van der Waals surface area contributed by atoms with E-state index in [9.17, 15) is 14.7 Å². The minimum atomic E-state index is -0.586. The molecule has 1 fully saturated rings. The molecule has 234 valence electrons. The van der Waals surface area contributed by atoms with Crippen molar-refractivity contribution in [1.29, 1.82) is 0 Å². The number of amides is 2. The third-order valence-corrected chi connectivity index (χ3v) is 8.21. The number of aromatic nitrogens is 2. The molecule has 3 aromatic carbocycles. The van der Waals surface area contributed by atoms with Gasteiger partial charge in [0.2, 0.25) is 0 Å². The highest BCUT2D eigenvalue weighted by molar-refractivity contribution is 7.99. The Morgan fingerprint density at radius 2 is 1.67 bits per heavy atom. The number of thioether (sulfide) groups is 1. The topological polar surface area (TPSA) is 132 Å². The van der Waals surface area contributed by atoms with Gasteiger partial charge in [0, 0.05) is 36.7 Å². The zero-order valence-corrected chi connectivity index (χ0v) is 25.7. The molecule has 11 heteroatoms.